The summed E-state index contributed by atoms with van der Waals surface area (Å²) in [5.74, 6) is -15.2. The summed E-state index contributed by atoms with van der Waals surface area (Å²) in [5.41, 5.74) is 2.77. The van der Waals surface area contributed by atoms with Crippen molar-refractivity contribution in [2.45, 2.75) is 38.5 Å². The van der Waals surface area contributed by atoms with E-state index in [9.17, 15) is 43.1 Å². The van der Waals surface area contributed by atoms with Crippen molar-refractivity contribution < 1.29 is 64.3 Å². The Morgan fingerprint density at radius 3 is 1.27 bits per heavy atom. The van der Waals surface area contributed by atoms with Gasteiger partial charge in [-0.1, -0.05) is 43.7 Å². The fourth-order valence-corrected chi connectivity index (χ4v) is 4.22. The van der Waals surface area contributed by atoms with E-state index in [2.05, 4.69) is 69.3 Å². The minimum atomic E-state index is -12.3. The van der Waals surface area contributed by atoms with E-state index in [-0.39, 0.29) is 21.2 Å². The van der Waals surface area contributed by atoms with Gasteiger partial charge in [-0.05, 0) is 42.7 Å². The monoisotopic (exact) mass is 582 g/mol. The number of rotatable bonds is 3. The Morgan fingerprint density at radius 2 is 1.00 bits per heavy atom. The zero-order valence-corrected chi connectivity index (χ0v) is 18.9. The zero-order chi connectivity index (χ0) is 23.7. The Kier molecular flexibility index (Phi) is 7.28. The third kappa shape index (κ3) is 5.57. The molecule has 0 radical (unpaired) electrons. The van der Waals surface area contributed by atoms with Crippen molar-refractivity contribution in [3.63, 3.8) is 0 Å². The molecule has 0 aliphatic carbocycles. The Balaban J connectivity index is 0.000000314. The second kappa shape index (κ2) is 8.11. The first-order valence-corrected chi connectivity index (χ1v) is 12.6. The molecule has 0 atom stereocenters. The van der Waals surface area contributed by atoms with Crippen molar-refractivity contribution in [3.8, 4) is 0 Å². The second-order valence-corrected chi connectivity index (χ2v) is 13.1. The van der Waals surface area contributed by atoms with Gasteiger partial charge in [-0.2, -0.15) is 0 Å². The van der Waals surface area contributed by atoms with E-state index in [4.69, 9.17) is 0 Å². The van der Waals surface area contributed by atoms with Gasteiger partial charge in [0.2, 0.25) is 0 Å². The normalized spacial score (nSPS) is 15.1. The summed E-state index contributed by atoms with van der Waals surface area (Å²) < 4.78 is 114. The molecule has 2 aromatic rings. The van der Waals surface area contributed by atoms with Crippen LogP contribution in [0.3, 0.4) is 0 Å². The molecule has 2 rings (SSSR count). The Morgan fingerprint density at radius 1 is 0.667 bits per heavy atom. The van der Waals surface area contributed by atoms with Crippen LogP contribution >= 0.6 is 7.19 Å². The first-order chi connectivity index (χ1) is 13.2. The van der Waals surface area contributed by atoms with Gasteiger partial charge in [-0.3, -0.25) is 0 Å². The molecule has 0 unspecified atom stereocenters. The van der Waals surface area contributed by atoms with Crippen LogP contribution in [0.4, 0.5) is 43.1 Å². The molecule has 0 fully saturated rings. The van der Waals surface area contributed by atoms with E-state index in [0.717, 1.165) is 0 Å². The topological polar surface area (TPSA) is 0 Å². The zero-order valence-electron chi connectivity index (χ0n) is 15.8. The first-order valence-electron chi connectivity index (χ1n) is 8.22. The summed E-state index contributed by atoms with van der Waals surface area (Å²) in [5, 5.41) is 0. The van der Waals surface area contributed by atoms with E-state index < -0.39 is 19.0 Å². The molecular formula is C18H18F10IP. The molecule has 0 aromatic heterocycles. The van der Waals surface area contributed by atoms with Crippen molar-refractivity contribution in [2.75, 3.05) is 0 Å². The van der Waals surface area contributed by atoms with Crippen molar-refractivity contribution in [1.29, 1.82) is 0 Å². The van der Waals surface area contributed by atoms with Gasteiger partial charge in [0.25, 0.3) is 0 Å². The second-order valence-electron chi connectivity index (χ2n) is 6.70. The molecule has 172 valence electrons. The van der Waals surface area contributed by atoms with E-state index in [1.807, 2.05) is 0 Å². The van der Waals surface area contributed by atoms with Crippen LogP contribution < -0.4 is 21.2 Å². The molecule has 0 heterocycles. The average Bonchev–Trinajstić information content (AvgIpc) is 2.55. The van der Waals surface area contributed by atoms with Crippen LogP contribution in [0.15, 0.2) is 48.5 Å². The summed E-state index contributed by atoms with van der Waals surface area (Å²) in [7, 11) is -12.3. The number of hydrogen-bond acceptors (Lipinski definition) is 0. The average molecular weight is 582 g/mol. The van der Waals surface area contributed by atoms with Gasteiger partial charge in [0.1, 0.15) is 0 Å². The van der Waals surface area contributed by atoms with E-state index in [1.54, 1.807) is 0 Å². The van der Waals surface area contributed by atoms with Crippen LogP contribution in [0, 0.1) is 14.1 Å². The van der Waals surface area contributed by atoms with Gasteiger partial charge in [0, 0.05) is 0 Å². The van der Waals surface area contributed by atoms with Crippen LogP contribution in [-0.2, 0) is 0 Å². The molecule has 0 saturated carbocycles. The van der Waals surface area contributed by atoms with Crippen LogP contribution in [0.25, 0.3) is 0 Å². The Bertz CT molecular complexity index is 826. The first kappa shape index (κ1) is 26.9. The predicted molar refractivity (Wildman–Crippen MR) is 92.6 cm³/mol. The Labute approximate surface area is 176 Å². The Hall–Kier alpha value is -1.10. The molecule has 0 amide bonds. The van der Waals surface area contributed by atoms with Crippen molar-refractivity contribution in [3.05, 3.63) is 66.8 Å². The molecular weight excluding hydrogens is 564 g/mol. The van der Waals surface area contributed by atoms with Crippen molar-refractivity contribution in [2.24, 2.45) is 0 Å². The molecule has 0 saturated heterocycles. The molecule has 12 heteroatoms. The SMILES string of the molecule is Cc1ccc([I+]c2ccc(C(C)C)cc2)cc1.FC(F)(F)[P-](F)(F)(F)(F)C(F)(F)F. The summed E-state index contributed by atoms with van der Waals surface area (Å²) in [6, 6.07) is 18.1. The van der Waals surface area contributed by atoms with Gasteiger partial charge in [-0.15, -0.1) is 0 Å². The number of halogens is 11. The summed E-state index contributed by atoms with van der Waals surface area (Å²) in [4.78, 5) is 0. The summed E-state index contributed by atoms with van der Waals surface area (Å²) in [6.07, 6.45) is 0. The molecule has 0 bridgehead atoms. The minimum absolute atomic E-state index is 0.0167. The third-order valence-electron chi connectivity index (χ3n) is 3.79. The van der Waals surface area contributed by atoms with Gasteiger partial charge in [0.05, 0.1) is 0 Å². The van der Waals surface area contributed by atoms with Crippen molar-refractivity contribution in [1.82, 2.24) is 0 Å². The fraction of sp³-hybridized carbons (Fsp3) is 0.333. The van der Waals surface area contributed by atoms with E-state index in [1.165, 1.54) is 18.3 Å². The molecule has 0 nitrogen and oxygen atoms in total. The molecule has 0 spiro atoms. The molecule has 0 N–H and O–H groups in total. The van der Waals surface area contributed by atoms with Crippen molar-refractivity contribution >= 4 is 7.19 Å². The predicted octanol–water partition coefficient (Wildman–Crippen LogP) is 5.90. The van der Waals surface area contributed by atoms with Crippen LogP contribution in [-0.4, -0.2) is 11.8 Å². The summed E-state index contributed by atoms with van der Waals surface area (Å²) >= 11 is -0.0167. The molecule has 2 aromatic carbocycles. The number of alkyl halides is 6. The van der Waals surface area contributed by atoms with E-state index in [0.29, 0.717) is 5.92 Å². The van der Waals surface area contributed by atoms with Gasteiger partial charge < -0.3 is 0 Å². The van der Waals surface area contributed by atoms with E-state index >= 15 is 0 Å². The fourth-order valence-electron chi connectivity index (χ4n) is 1.78. The van der Waals surface area contributed by atoms with Crippen LogP contribution in [0.2, 0.25) is 0 Å². The molecule has 30 heavy (non-hydrogen) atoms. The number of hydrogen-bond donors (Lipinski definition) is 0. The van der Waals surface area contributed by atoms with Gasteiger partial charge in [-0.25, -0.2) is 0 Å². The molecule has 0 aliphatic rings. The maximum atomic E-state index is 11.4. The maximum absolute atomic E-state index is 12.3. The van der Waals surface area contributed by atoms with Crippen LogP contribution in [0.1, 0.15) is 30.9 Å². The van der Waals surface area contributed by atoms with Gasteiger partial charge in [0.15, 0.2) is 7.14 Å². The number of benzene rings is 2. The quantitative estimate of drug-likeness (QED) is 0.241. The molecule has 0 aliphatic heterocycles. The summed E-state index contributed by atoms with van der Waals surface area (Å²) in [6.45, 7) is 6.62. The van der Waals surface area contributed by atoms with Crippen LogP contribution in [0.5, 0.6) is 0 Å². The van der Waals surface area contributed by atoms with Gasteiger partial charge >= 0.3 is 83.4 Å². The number of aryl methyl sites for hydroxylation is 1. The third-order valence-corrected chi connectivity index (χ3v) is 8.51. The standard InChI is InChI=1S/C16H18I.C2F10P/c1-12(2)14-6-10-16(11-7-14)17-15-8-4-13(3)5-9-15;3-1(4,5)13(9,10,11,12)2(6,7)8/h4-12H,1-3H3;/q+1;-1.